The van der Waals surface area contributed by atoms with Crippen LogP contribution in [0.25, 0.3) is 0 Å². The van der Waals surface area contributed by atoms with Crippen molar-refractivity contribution in [3.63, 3.8) is 0 Å². The van der Waals surface area contributed by atoms with Crippen LogP contribution < -0.4 is 5.32 Å². The van der Waals surface area contributed by atoms with Crippen LogP contribution in [0.15, 0.2) is 48.5 Å². The summed E-state index contributed by atoms with van der Waals surface area (Å²) < 4.78 is 0. The number of benzene rings is 2. The number of hydrogen-bond donors (Lipinski definition) is 3. The largest absolute Gasteiger partial charge is 0.508 e. The Morgan fingerprint density at radius 2 is 1.86 bits per heavy atom. The van der Waals surface area contributed by atoms with E-state index in [1.807, 2.05) is 24.3 Å². The van der Waals surface area contributed by atoms with Crippen molar-refractivity contribution >= 4 is 11.6 Å². The molecule has 0 amide bonds. The summed E-state index contributed by atoms with van der Waals surface area (Å²) in [6, 6.07) is 14.8. The van der Waals surface area contributed by atoms with Gasteiger partial charge in [-0.05, 0) is 48.2 Å². The predicted octanol–water partition coefficient (Wildman–Crippen LogP) is 3.69. The summed E-state index contributed by atoms with van der Waals surface area (Å²) >= 11 is 5.95. The number of phenolic OH excluding ortho intramolecular Hbond substituents is 1. The third kappa shape index (κ3) is 5.02. The lowest BCUT2D eigenvalue weighted by Gasteiger charge is -2.20. The maximum atomic E-state index is 10.2. The summed E-state index contributed by atoms with van der Waals surface area (Å²) in [6.45, 7) is 2.60. The van der Waals surface area contributed by atoms with Gasteiger partial charge in [0.25, 0.3) is 0 Å². The Labute approximate surface area is 136 Å². The second kappa shape index (κ2) is 8.18. The normalized spacial score (nSPS) is 13.8. The van der Waals surface area contributed by atoms with Gasteiger partial charge < -0.3 is 15.5 Å². The van der Waals surface area contributed by atoms with Crippen LogP contribution in [-0.4, -0.2) is 22.8 Å². The van der Waals surface area contributed by atoms with Gasteiger partial charge in [0.05, 0.1) is 6.10 Å². The predicted molar refractivity (Wildman–Crippen MR) is 90.3 cm³/mol. The molecule has 0 saturated carbocycles. The van der Waals surface area contributed by atoms with Crippen LogP contribution in [0, 0.1) is 0 Å². The van der Waals surface area contributed by atoms with Gasteiger partial charge >= 0.3 is 0 Å². The molecule has 4 heteroatoms. The highest BCUT2D eigenvalue weighted by atomic mass is 35.5. The minimum atomic E-state index is -0.576. The first-order valence-corrected chi connectivity index (χ1v) is 7.91. The fraction of sp³-hybridized carbons (Fsp3) is 0.333. The first kappa shape index (κ1) is 16.8. The van der Waals surface area contributed by atoms with E-state index in [-0.39, 0.29) is 11.8 Å². The zero-order chi connectivity index (χ0) is 15.9. The molecule has 2 aromatic carbocycles. The highest BCUT2D eigenvalue weighted by Gasteiger charge is 2.12. The van der Waals surface area contributed by atoms with Crippen molar-refractivity contribution in [2.45, 2.75) is 31.9 Å². The lowest BCUT2D eigenvalue weighted by Crippen LogP contribution is -2.34. The number of nitrogens with one attached hydrogen (secondary N) is 1. The fourth-order valence-electron chi connectivity index (χ4n) is 2.39. The smallest absolute Gasteiger partial charge is 0.115 e. The van der Waals surface area contributed by atoms with Crippen LogP contribution in [0.3, 0.4) is 0 Å². The Balaban J connectivity index is 1.89. The minimum absolute atomic E-state index is 0.276. The summed E-state index contributed by atoms with van der Waals surface area (Å²) in [5.74, 6) is 0.279. The minimum Gasteiger partial charge on any atom is -0.508 e. The topological polar surface area (TPSA) is 52.5 Å². The Morgan fingerprint density at radius 1 is 1.14 bits per heavy atom. The van der Waals surface area contributed by atoms with E-state index in [4.69, 9.17) is 11.6 Å². The van der Waals surface area contributed by atoms with E-state index in [1.54, 1.807) is 24.3 Å². The molecule has 0 bridgehead atoms. The molecule has 0 fully saturated rings. The SMILES string of the molecule is CCC(Cc1ccc(O)cc1)NC[C@H](O)c1cccc(Cl)c1. The fourth-order valence-corrected chi connectivity index (χ4v) is 2.59. The molecule has 2 aromatic rings. The maximum absolute atomic E-state index is 10.2. The summed E-state index contributed by atoms with van der Waals surface area (Å²) in [7, 11) is 0. The molecule has 22 heavy (non-hydrogen) atoms. The number of phenols is 1. The molecule has 0 aliphatic heterocycles. The molecule has 3 N–H and O–H groups in total. The van der Waals surface area contributed by atoms with Gasteiger partial charge in [-0.3, -0.25) is 0 Å². The highest BCUT2D eigenvalue weighted by Crippen LogP contribution is 2.18. The van der Waals surface area contributed by atoms with Crippen molar-refractivity contribution < 1.29 is 10.2 Å². The van der Waals surface area contributed by atoms with Crippen molar-refractivity contribution in [2.24, 2.45) is 0 Å². The molecule has 118 valence electrons. The van der Waals surface area contributed by atoms with Gasteiger partial charge in [0.15, 0.2) is 0 Å². The Hall–Kier alpha value is -1.55. The van der Waals surface area contributed by atoms with Gasteiger partial charge in [0.1, 0.15) is 5.75 Å². The molecule has 0 saturated heterocycles. The molecule has 0 radical (unpaired) electrons. The van der Waals surface area contributed by atoms with E-state index in [0.717, 1.165) is 24.0 Å². The molecule has 0 aliphatic rings. The lowest BCUT2D eigenvalue weighted by molar-refractivity contribution is 0.169. The molecule has 2 atom stereocenters. The van der Waals surface area contributed by atoms with E-state index in [9.17, 15) is 10.2 Å². The van der Waals surface area contributed by atoms with Crippen LogP contribution in [0.5, 0.6) is 5.75 Å². The summed E-state index contributed by atoms with van der Waals surface area (Å²) in [5, 5.41) is 23.6. The van der Waals surface area contributed by atoms with Crippen LogP contribution in [-0.2, 0) is 6.42 Å². The van der Waals surface area contributed by atoms with Gasteiger partial charge in [-0.25, -0.2) is 0 Å². The number of hydrogen-bond acceptors (Lipinski definition) is 3. The zero-order valence-corrected chi connectivity index (χ0v) is 13.4. The van der Waals surface area contributed by atoms with Gasteiger partial charge in [0.2, 0.25) is 0 Å². The van der Waals surface area contributed by atoms with Crippen LogP contribution in [0.2, 0.25) is 5.02 Å². The van der Waals surface area contributed by atoms with Crippen molar-refractivity contribution in [3.8, 4) is 5.75 Å². The molecular formula is C18H22ClNO2. The Bertz CT molecular complexity index is 586. The van der Waals surface area contributed by atoms with Crippen molar-refractivity contribution in [1.82, 2.24) is 5.32 Å². The summed E-state index contributed by atoms with van der Waals surface area (Å²) in [4.78, 5) is 0. The number of aromatic hydroxyl groups is 1. The van der Waals surface area contributed by atoms with Gasteiger partial charge in [-0.15, -0.1) is 0 Å². The van der Waals surface area contributed by atoms with Gasteiger partial charge in [-0.2, -0.15) is 0 Å². The number of aliphatic hydroxyl groups is 1. The van der Waals surface area contributed by atoms with E-state index in [0.29, 0.717) is 11.6 Å². The zero-order valence-electron chi connectivity index (χ0n) is 12.7. The molecule has 0 aromatic heterocycles. The van der Waals surface area contributed by atoms with Gasteiger partial charge in [-0.1, -0.05) is 42.8 Å². The average Bonchev–Trinajstić information content (AvgIpc) is 2.53. The molecule has 1 unspecified atom stereocenters. The first-order chi connectivity index (χ1) is 10.6. The van der Waals surface area contributed by atoms with Crippen LogP contribution in [0.4, 0.5) is 0 Å². The van der Waals surface area contributed by atoms with E-state index < -0.39 is 6.10 Å². The summed E-state index contributed by atoms with van der Waals surface area (Å²) in [5.41, 5.74) is 1.98. The van der Waals surface area contributed by atoms with E-state index in [1.165, 1.54) is 0 Å². The number of aliphatic hydroxyl groups excluding tert-OH is 1. The van der Waals surface area contributed by atoms with Crippen molar-refractivity contribution in [2.75, 3.05) is 6.54 Å². The lowest BCUT2D eigenvalue weighted by atomic mass is 10.0. The molecular weight excluding hydrogens is 298 g/mol. The van der Waals surface area contributed by atoms with Crippen molar-refractivity contribution in [1.29, 1.82) is 0 Å². The monoisotopic (exact) mass is 319 g/mol. The second-order valence-corrected chi connectivity index (χ2v) is 5.89. The van der Waals surface area contributed by atoms with Crippen LogP contribution in [0.1, 0.15) is 30.6 Å². The Morgan fingerprint density at radius 3 is 2.50 bits per heavy atom. The molecule has 0 aliphatic carbocycles. The van der Waals surface area contributed by atoms with Gasteiger partial charge in [0, 0.05) is 17.6 Å². The maximum Gasteiger partial charge on any atom is 0.115 e. The first-order valence-electron chi connectivity index (χ1n) is 7.53. The number of rotatable bonds is 7. The molecule has 2 rings (SSSR count). The quantitative estimate of drug-likeness (QED) is 0.729. The van der Waals surface area contributed by atoms with Crippen molar-refractivity contribution in [3.05, 3.63) is 64.7 Å². The highest BCUT2D eigenvalue weighted by molar-refractivity contribution is 6.30. The molecule has 0 spiro atoms. The third-order valence-electron chi connectivity index (χ3n) is 3.74. The number of halogens is 1. The Kier molecular flexibility index (Phi) is 6.25. The molecule has 3 nitrogen and oxygen atoms in total. The standard InChI is InChI=1S/C18H22ClNO2/c1-2-16(10-13-6-8-17(21)9-7-13)20-12-18(22)14-4-3-5-15(19)11-14/h3-9,11,16,18,20-22H,2,10,12H2,1H3/t16?,18-/m0/s1. The molecule has 0 heterocycles. The average molecular weight is 320 g/mol. The van der Waals surface area contributed by atoms with Crippen LogP contribution >= 0.6 is 11.6 Å². The van der Waals surface area contributed by atoms with E-state index in [2.05, 4.69) is 12.2 Å². The van der Waals surface area contributed by atoms with E-state index >= 15 is 0 Å². The summed E-state index contributed by atoms with van der Waals surface area (Å²) in [6.07, 6.45) is 1.25. The third-order valence-corrected chi connectivity index (χ3v) is 3.98. The second-order valence-electron chi connectivity index (χ2n) is 5.45.